The number of hydrogen-bond donors (Lipinski definition) is 1. The van der Waals surface area contributed by atoms with Crippen LogP contribution >= 0.6 is 0 Å². The summed E-state index contributed by atoms with van der Waals surface area (Å²) in [6.45, 7) is 14.5. The molecule has 8 nitrogen and oxygen atoms in total. The molecule has 6 rings (SSSR count). The molecule has 2 aromatic rings. The van der Waals surface area contributed by atoms with E-state index in [4.69, 9.17) is 23.9 Å². The number of benzene rings is 1. The molecule has 46 heavy (non-hydrogen) atoms. The lowest BCUT2D eigenvalue weighted by molar-refractivity contribution is -0.168. The van der Waals surface area contributed by atoms with Crippen LogP contribution in [-0.2, 0) is 31.8 Å². The zero-order chi connectivity index (χ0) is 32.5. The molecule has 4 aliphatic rings. The van der Waals surface area contributed by atoms with Crippen LogP contribution < -0.4 is 10.1 Å². The third-order valence-corrected chi connectivity index (χ3v) is 9.10. The number of carbonyl (C=O) groups excluding carboxylic acids is 1. The topological polar surface area (TPSA) is 82.2 Å². The third-order valence-electron chi connectivity index (χ3n) is 9.10. The summed E-state index contributed by atoms with van der Waals surface area (Å²) in [6.07, 6.45) is 10.9. The molecule has 0 spiro atoms. The molecule has 1 aliphatic carbocycles. The van der Waals surface area contributed by atoms with Gasteiger partial charge < -0.3 is 24.3 Å². The molecule has 1 atom stereocenters. The number of likely N-dealkylation sites (tertiary alicyclic amines) is 1. The Labute approximate surface area is 276 Å². The molecule has 1 unspecified atom stereocenters. The van der Waals surface area contributed by atoms with Crippen LogP contribution in [0, 0.1) is 0 Å². The number of unbranched alkanes of at least 4 members (excludes halogenated alkanes) is 2. The number of anilines is 1. The van der Waals surface area contributed by atoms with Crippen LogP contribution in [0.2, 0.25) is 0 Å². The van der Waals surface area contributed by atoms with Gasteiger partial charge in [-0.2, -0.15) is 0 Å². The normalized spacial score (nSPS) is 19.6. The second-order valence-electron chi connectivity index (χ2n) is 14.0. The number of fused-ring (bicyclic) bond motifs is 1. The van der Waals surface area contributed by atoms with E-state index in [0.29, 0.717) is 5.92 Å². The Morgan fingerprint density at radius 1 is 1.02 bits per heavy atom. The second kappa shape index (κ2) is 16.4. The Hall–Kier alpha value is -2.68. The number of rotatable bonds is 13. The standard InChI is InChI=1S/C36H51N3O5.C2H6/c1-36(2,3)44-35(40)33(30-11-7-12-31(32(30)25-13-14-25)43-28-17-21-41-22-18-28)39-23-29(24-39)42-20-6-4-5-10-27-16-15-26-9-8-19-37-34(26)38-27;1-2/h7,11-12,15-16,25,28-29,33H,4-6,8-10,13-14,17-24H2,1-3H3,(H,37,38);1-2H3. The van der Waals surface area contributed by atoms with Crippen molar-refractivity contribution < 1.29 is 23.7 Å². The van der Waals surface area contributed by atoms with Gasteiger partial charge in [-0.3, -0.25) is 4.90 Å². The maximum Gasteiger partial charge on any atom is 0.328 e. The summed E-state index contributed by atoms with van der Waals surface area (Å²) < 4.78 is 24.4. The molecular formula is C38H57N3O5. The van der Waals surface area contributed by atoms with Crippen LogP contribution in [0.5, 0.6) is 5.75 Å². The number of nitrogens with zero attached hydrogens (tertiary/aromatic N) is 2. The van der Waals surface area contributed by atoms with E-state index in [9.17, 15) is 4.79 Å². The Morgan fingerprint density at radius 2 is 1.80 bits per heavy atom. The van der Waals surface area contributed by atoms with Crippen molar-refractivity contribution in [2.75, 3.05) is 44.8 Å². The zero-order valence-corrected chi connectivity index (χ0v) is 28.9. The molecule has 1 aromatic carbocycles. The van der Waals surface area contributed by atoms with Gasteiger partial charge in [0.2, 0.25) is 0 Å². The Balaban J connectivity index is 0.00000204. The highest BCUT2D eigenvalue weighted by molar-refractivity contribution is 5.79. The molecule has 1 aromatic heterocycles. The first-order chi connectivity index (χ1) is 22.3. The fourth-order valence-electron chi connectivity index (χ4n) is 6.64. The molecule has 2 saturated heterocycles. The van der Waals surface area contributed by atoms with E-state index in [1.54, 1.807) is 0 Å². The number of nitrogens with one attached hydrogen (secondary N) is 1. The number of carbonyl (C=O) groups is 1. The molecule has 0 amide bonds. The summed E-state index contributed by atoms with van der Waals surface area (Å²) in [5.74, 6) is 2.26. The molecular weight excluding hydrogens is 578 g/mol. The molecule has 1 saturated carbocycles. The van der Waals surface area contributed by atoms with Gasteiger partial charge in [-0.15, -0.1) is 0 Å². The van der Waals surface area contributed by atoms with Crippen LogP contribution in [-0.4, -0.2) is 73.1 Å². The first-order valence-electron chi connectivity index (χ1n) is 18.0. The Kier molecular flexibility index (Phi) is 12.4. The van der Waals surface area contributed by atoms with E-state index in [-0.39, 0.29) is 18.2 Å². The fraction of sp³-hybridized carbons (Fsp3) is 0.684. The van der Waals surface area contributed by atoms with Crippen LogP contribution in [0.1, 0.15) is 120 Å². The lowest BCUT2D eigenvalue weighted by atomic mass is 9.92. The quantitative estimate of drug-likeness (QED) is 0.180. The van der Waals surface area contributed by atoms with Gasteiger partial charge in [-0.1, -0.05) is 38.5 Å². The highest BCUT2D eigenvalue weighted by Gasteiger charge is 2.43. The number of ether oxygens (including phenoxy) is 4. The first-order valence-corrected chi connectivity index (χ1v) is 18.0. The van der Waals surface area contributed by atoms with Crippen molar-refractivity contribution in [1.82, 2.24) is 9.88 Å². The lowest BCUT2D eigenvalue weighted by Gasteiger charge is -2.44. The van der Waals surface area contributed by atoms with Gasteiger partial charge >= 0.3 is 5.97 Å². The van der Waals surface area contributed by atoms with Gasteiger partial charge in [0.1, 0.15) is 29.3 Å². The van der Waals surface area contributed by atoms with Crippen molar-refractivity contribution in [3.63, 3.8) is 0 Å². The maximum absolute atomic E-state index is 13.8. The van der Waals surface area contributed by atoms with Gasteiger partial charge in [0.25, 0.3) is 0 Å². The molecule has 3 fully saturated rings. The van der Waals surface area contributed by atoms with Crippen LogP contribution in [0.3, 0.4) is 0 Å². The minimum absolute atomic E-state index is 0.138. The highest BCUT2D eigenvalue weighted by Crippen LogP contribution is 2.49. The monoisotopic (exact) mass is 635 g/mol. The van der Waals surface area contributed by atoms with Gasteiger partial charge in [-0.25, -0.2) is 9.78 Å². The van der Waals surface area contributed by atoms with E-state index in [0.717, 1.165) is 114 Å². The predicted molar refractivity (Wildman–Crippen MR) is 183 cm³/mol. The summed E-state index contributed by atoms with van der Waals surface area (Å²) in [6, 6.07) is 10.2. The number of esters is 1. The van der Waals surface area contributed by atoms with E-state index in [2.05, 4.69) is 34.5 Å². The van der Waals surface area contributed by atoms with Gasteiger partial charge in [-0.05, 0) is 94.9 Å². The summed E-state index contributed by atoms with van der Waals surface area (Å²) in [5, 5.41) is 3.43. The molecule has 0 radical (unpaired) electrons. The molecule has 8 heteroatoms. The molecule has 1 N–H and O–H groups in total. The van der Waals surface area contributed by atoms with Crippen LogP contribution in [0.15, 0.2) is 30.3 Å². The molecule has 254 valence electrons. The van der Waals surface area contributed by atoms with E-state index < -0.39 is 11.6 Å². The average molecular weight is 636 g/mol. The number of aryl methyl sites for hydroxylation is 2. The SMILES string of the molecule is CC.CC(C)(C)OC(=O)C(c1cccc(OC2CCOCC2)c1C1CC1)N1CC(OCCCCCc2ccc3c(n2)NCCC3)C1. The summed E-state index contributed by atoms with van der Waals surface area (Å²) in [5.41, 5.74) is 4.20. The van der Waals surface area contributed by atoms with E-state index >= 15 is 0 Å². The predicted octanol–water partition coefficient (Wildman–Crippen LogP) is 7.40. The van der Waals surface area contributed by atoms with Crippen molar-refractivity contribution >= 4 is 11.8 Å². The number of pyridine rings is 1. The minimum Gasteiger partial charge on any atom is -0.490 e. The van der Waals surface area contributed by atoms with Crippen molar-refractivity contribution in [2.45, 2.75) is 129 Å². The summed E-state index contributed by atoms with van der Waals surface area (Å²) >= 11 is 0. The van der Waals surface area contributed by atoms with Gasteiger partial charge in [0.15, 0.2) is 0 Å². The van der Waals surface area contributed by atoms with Crippen molar-refractivity contribution in [3.8, 4) is 5.75 Å². The fourth-order valence-corrected chi connectivity index (χ4v) is 6.64. The Bertz CT molecular complexity index is 1260. The highest BCUT2D eigenvalue weighted by atomic mass is 16.6. The maximum atomic E-state index is 13.8. The average Bonchev–Trinajstić information content (AvgIpc) is 3.87. The van der Waals surface area contributed by atoms with Crippen LogP contribution in [0.25, 0.3) is 0 Å². The smallest absolute Gasteiger partial charge is 0.328 e. The van der Waals surface area contributed by atoms with E-state index in [1.807, 2.05) is 40.7 Å². The lowest BCUT2D eigenvalue weighted by Crippen LogP contribution is -2.56. The second-order valence-corrected chi connectivity index (χ2v) is 14.0. The number of aromatic nitrogens is 1. The largest absolute Gasteiger partial charge is 0.490 e. The van der Waals surface area contributed by atoms with Crippen molar-refractivity contribution in [2.24, 2.45) is 0 Å². The van der Waals surface area contributed by atoms with Crippen molar-refractivity contribution in [3.05, 3.63) is 52.7 Å². The zero-order valence-electron chi connectivity index (χ0n) is 28.9. The van der Waals surface area contributed by atoms with Crippen molar-refractivity contribution in [1.29, 1.82) is 0 Å². The minimum atomic E-state index is -0.558. The van der Waals surface area contributed by atoms with E-state index in [1.165, 1.54) is 23.2 Å². The van der Waals surface area contributed by atoms with Gasteiger partial charge in [0, 0.05) is 50.3 Å². The summed E-state index contributed by atoms with van der Waals surface area (Å²) in [4.78, 5) is 20.8. The first kappa shape index (κ1) is 34.6. The Morgan fingerprint density at radius 3 is 2.54 bits per heavy atom. The molecule has 3 aliphatic heterocycles. The number of hydrogen-bond acceptors (Lipinski definition) is 8. The third kappa shape index (κ3) is 9.45. The van der Waals surface area contributed by atoms with Crippen LogP contribution in [0.4, 0.5) is 5.82 Å². The molecule has 4 heterocycles. The molecule has 0 bridgehead atoms. The van der Waals surface area contributed by atoms with Gasteiger partial charge in [0.05, 0.1) is 19.3 Å². The summed E-state index contributed by atoms with van der Waals surface area (Å²) in [7, 11) is 0.